The van der Waals surface area contributed by atoms with Gasteiger partial charge in [-0.2, -0.15) is 5.10 Å². The molecule has 0 unspecified atom stereocenters. The van der Waals surface area contributed by atoms with Crippen molar-refractivity contribution < 1.29 is 0 Å². The number of nitrogens with zero attached hydrogens (tertiary/aromatic N) is 6. The van der Waals surface area contributed by atoms with Gasteiger partial charge in [0.1, 0.15) is 10.7 Å². The highest BCUT2D eigenvalue weighted by Gasteiger charge is 2.06. The van der Waals surface area contributed by atoms with Gasteiger partial charge in [-0.25, -0.2) is 4.68 Å². The van der Waals surface area contributed by atoms with Crippen molar-refractivity contribution in [1.82, 2.24) is 20.0 Å². The van der Waals surface area contributed by atoms with Gasteiger partial charge in [0, 0.05) is 4.90 Å². The molecule has 8 heteroatoms. The quantitative estimate of drug-likeness (QED) is 0.585. The van der Waals surface area contributed by atoms with E-state index in [9.17, 15) is 0 Å². The fourth-order valence-electron chi connectivity index (χ4n) is 1.74. The van der Waals surface area contributed by atoms with Crippen LogP contribution in [0.3, 0.4) is 0 Å². The normalized spacial score (nSPS) is 11.4. The topological polar surface area (TPSA) is 68.3 Å². The van der Waals surface area contributed by atoms with Crippen molar-refractivity contribution in [3.8, 4) is 5.69 Å². The van der Waals surface area contributed by atoms with Gasteiger partial charge in [-0.05, 0) is 32.0 Å². The first-order valence-corrected chi connectivity index (χ1v) is 7.46. The second-order valence-electron chi connectivity index (χ2n) is 4.37. The summed E-state index contributed by atoms with van der Waals surface area (Å²) in [6.45, 7) is 3.77. The average molecular weight is 316 g/mol. The van der Waals surface area contributed by atoms with Crippen LogP contribution in [0.2, 0.25) is 0 Å². The van der Waals surface area contributed by atoms with Crippen molar-refractivity contribution in [3.63, 3.8) is 0 Å². The molecule has 0 bridgehead atoms. The molecule has 0 spiro atoms. The van der Waals surface area contributed by atoms with Crippen molar-refractivity contribution in [3.05, 3.63) is 41.2 Å². The lowest BCUT2D eigenvalue weighted by molar-refractivity contribution is 0.860. The Kier molecular flexibility index (Phi) is 3.80. The molecule has 0 aliphatic carbocycles. The van der Waals surface area contributed by atoms with E-state index in [1.165, 1.54) is 11.3 Å². The molecule has 0 N–H and O–H groups in total. The van der Waals surface area contributed by atoms with Gasteiger partial charge >= 0.3 is 0 Å². The summed E-state index contributed by atoms with van der Waals surface area (Å²) in [4.78, 5) is 0.883. The van der Waals surface area contributed by atoms with Gasteiger partial charge in [0.05, 0.1) is 17.6 Å². The first kappa shape index (κ1) is 13.9. The molecule has 2 heterocycles. The Labute approximate surface area is 131 Å². The third-order valence-electron chi connectivity index (χ3n) is 2.73. The van der Waals surface area contributed by atoms with Gasteiger partial charge in [0.2, 0.25) is 0 Å². The largest absolute Gasteiger partial charge is 0.251 e. The van der Waals surface area contributed by atoms with E-state index < -0.39 is 0 Å². The van der Waals surface area contributed by atoms with Crippen molar-refractivity contribution in [2.45, 2.75) is 18.7 Å². The molecule has 6 nitrogen and oxygen atoms in total. The van der Waals surface area contributed by atoms with Crippen LogP contribution in [0.25, 0.3) is 5.69 Å². The molecule has 1 aromatic carbocycles. The molecule has 0 radical (unpaired) electrons. The van der Waals surface area contributed by atoms with E-state index in [1.807, 2.05) is 44.3 Å². The Morgan fingerprint density at radius 1 is 1.19 bits per heavy atom. The number of rotatable bonds is 3. The molecule has 3 aromatic rings. The molecule has 0 atom stereocenters. The average Bonchev–Trinajstić information content (AvgIpc) is 3.03. The minimum atomic E-state index is 0.539. The Morgan fingerprint density at radius 3 is 2.76 bits per heavy atom. The van der Waals surface area contributed by atoms with E-state index in [0.29, 0.717) is 10.8 Å². The van der Waals surface area contributed by atoms with Crippen molar-refractivity contribution in [1.29, 1.82) is 0 Å². The van der Waals surface area contributed by atoms with Gasteiger partial charge in [0.25, 0.3) is 5.13 Å². The summed E-state index contributed by atoms with van der Waals surface area (Å²) in [6.07, 6.45) is 1.83. The summed E-state index contributed by atoms with van der Waals surface area (Å²) >= 11 is 5.73. The number of aromatic nitrogens is 4. The van der Waals surface area contributed by atoms with Crippen LogP contribution >= 0.6 is 24.0 Å². The fourth-order valence-corrected chi connectivity index (χ4v) is 2.47. The molecule has 0 amide bonds. The lowest BCUT2D eigenvalue weighted by Crippen LogP contribution is -1.94. The van der Waals surface area contributed by atoms with Gasteiger partial charge in [-0.15, -0.1) is 33.1 Å². The summed E-state index contributed by atoms with van der Waals surface area (Å²) in [5, 5.41) is 21.9. The summed E-state index contributed by atoms with van der Waals surface area (Å²) < 4.78 is 1.76. The molecule has 2 aromatic heterocycles. The maximum Gasteiger partial charge on any atom is 0.251 e. The second kappa shape index (κ2) is 5.74. The minimum absolute atomic E-state index is 0.539. The zero-order valence-electron chi connectivity index (χ0n) is 11.4. The summed E-state index contributed by atoms with van der Waals surface area (Å²) in [6, 6.07) is 7.74. The van der Waals surface area contributed by atoms with Crippen molar-refractivity contribution >= 4 is 34.8 Å². The van der Waals surface area contributed by atoms with E-state index in [0.717, 1.165) is 21.3 Å². The van der Waals surface area contributed by atoms with Crippen LogP contribution in [0.1, 0.15) is 10.7 Å². The molecule has 0 fully saturated rings. The lowest BCUT2D eigenvalue weighted by atomic mass is 10.3. The molecule has 3 rings (SSSR count). The second-order valence-corrected chi connectivity index (χ2v) is 6.04. The van der Waals surface area contributed by atoms with E-state index in [1.54, 1.807) is 4.68 Å². The molecule has 106 valence electrons. The predicted octanol–water partition coefficient (Wildman–Crippen LogP) is 4.04. The highest BCUT2D eigenvalue weighted by molar-refractivity contribution is 7.80. The van der Waals surface area contributed by atoms with E-state index in [2.05, 4.69) is 38.2 Å². The molecular weight excluding hydrogens is 304 g/mol. The molecule has 0 saturated carbocycles. The van der Waals surface area contributed by atoms with E-state index in [4.69, 9.17) is 0 Å². The Balaban J connectivity index is 1.89. The smallest absolute Gasteiger partial charge is 0.238 e. The monoisotopic (exact) mass is 316 g/mol. The van der Waals surface area contributed by atoms with Crippen molar-refractivity contribution in [2.75, 3.05) is 0 Å². The molecular formula is C13H12N6S2. The van der Waals surface area contributed by atoms with Crippen LogP contribution in [-0.2, 0) is 0 Å². The lowest BCUT2D eigenvalue weighted by Gasteiger charge is -2.00. The van der Waals surface area contributed by atoms with E-state index in [-0.39, 0.29) is 0 Å². The Hall–Kier alpha value is -2.06. The van der Waals surface area contributed by atoms with Crippen LogP contribution in [0.4, 0.5) is 10.8 Å². The molecule has 0 aliphatic heterocycles. The minimum Gasteiger partial charge on any atom is -0.238 e. The highest BCUT2D eigenvalue weighted by Crippen LogP contribution is 2.24. The molecule has 0 saturated heterocycles. The van der Waals surface area contributed by atoms with Crippen LogP contribution in [0, 0.1) is 13.8 Å². The SMILES string of the molecule is Cc1nnc(N=Nc2cn(-c3cccc(S)c3)nc2C)s1. The number of hydrogen-bond donors (Lipinski definition) is 1. The van der Waals surface area contributed by atoms with Gasteiger partial charge in [0.15, 0.2) is 0 Å². The Bertz CT molecular complexity index is 805. The fraction of sp³-hybridized carbons (Fsp3) is 0.154. The standard InChI is InChI=1S/C13H12N6S2/c1-8-12(15-17-13-16-14-9(2)21-13)7-19(18-8)10-4-3-5-11(20)6-10/h3-7,20H,1-2H3. The number of thiol groups is 1. The predicted molar refractivity (Wildman–Crippen MR) is 84.4 cm³/mol. The van der Waals surface area contributed by atoms with Crippen LogP contribution in [-0.4, -0.2) is 20.0 Å². The molecule has 0 aliphatic rings. The van der Waals surface area contributed by atoms with Crippen molar-refractivity contribution in [2.24, 2.45) is 10.2 Å². The number of aryl methyl sites for hydroxylation is 2. The van der Waals surface area contributed by atoms with Gasteiger partial charge in [-0.3, -0.25) is 0 Å². The zero-order chi connectivity index (χ0) is 14.8. The number of azo groups is 1. The third kappa shape index (κ3) is 3.17. The maximum atomic E-state index is 4.44. The summed E-state index contributed by atoms with van der Waals surface area (Å²) in [5.74, 6) is 0. The highest BCUT2D eigenvalue weighted by atomic mass is 32.1. The number of hydrogen-bond acceptors (Lipinski definition) is 7. The maximum absolute atomic E-state index is 4.44. The number of benzene rings is 1. The van der Waals surface area contributed by atoms with E-state index >= 15 is 0 Å². The zero-order valence-corrected chi connectivity index (χ0v) is 13.1. The van der Waals surface area contributed by atoms with Crippen LogP contribution in [0.5, 0.6) is 0 Å². The van der Waals surface area contributed by atoms with Gasteiger partial charge in [-0.1, -0.05) is 17.4 Å². The van der Waals surface area contributed by atoms with Gasteiger partial charge < -0.3 is 0 Å². The Morgan fingerprint density at radius 2 is 2.05 bits per heavy atom. The third-order valence-corrected chi connectivity index (χ3v) is 3.73. The first-order chi connectivity index (χ1) is 10.1. The summed E-state index contributed by atoms with van der Waals surface area (Å²) in [5.41, 5.74) is 2.43. The van der Waals surface area contributed by atoms with Crippen LogP contribution < -0.4 is 0 Å². The summed E-state index contributed by atoms with van der Waals surface area (Å²) in [7, 11) is 0. The first-order valence-electron chi connectivity index (χ1n) is 6.19. The van der Waals surface area contributed by atoms with Crippen LogP contribution in [0.15, 0.2) is 45.6 Å². The molecule has 21 heavy (non-hydrogen) atoms.